The smallest absolute Gasteiger partial charge is 0.274 e. The summed E-state index contributed by atoms with van der Waals surface area (Å²) in [5, 5.41) is 8.74. The number of hydrogen-bond donors (Lipinski definition) is 3. The van der Waals surface area contributed by atoms with Gasteiger partial charge in [0.15, 0.2) is 0 Å². The first-order valence-corrected chi connectivity index (χ1v) is 15.2. The molecule has 242 valence electrons. The first-order chi connectivity index (χ1) is 21.3. The van der Waals surface area contributed by atoms with Gasteiger partial charge in [-0.2, -0.15) is 0 Å². The van der Waals surface area contributed by atoms with Crippen molar-refractivity contribution in [2.45, 2.75) is 71.6 Å². The van der Waals surface area contributed by atoms with E-state index in [1.165, 1.54) is 19.1 Å². The summed E-state index contributed by atoms with van der Waals surface area (Å²) in [5.41, 5.74) is 0.414. The lowest BCUT2D eigenvalue weighted by Gasteiger charge is -2.37. The van der Waals surface area contributed by atoms with E-state index in [1.807, 2.05) is 20.8 Å². The van der Waals surface area contributed by atoms with E-state index in [4.69, 9.17) is 0 Å². The molecule has 12 nitrogen and oxygen atoms in total. The Balaban J connectivity index is 1.65. The molecule has 3 aromatic rings. The van der Waals surface area contributed by atoms with E-state index in [0.717, 1.165) is 5.56 Å². The second-order valence-corrected chi connectivity index (χ2v) is 12.7. The number of aromatic nitrogens is 3. The highest BCUT2D eigenvalue weighted by molar-refractivity contribution is 5.93. The number of halogens is 1. The van der Waals surface area contributed by atoms with E-state index < -0.39 is 23.5 Å². The third-order valence-corrected chi connectivity index (χ3v) is 8.09. The molecule has 0 radical (unpaired) electrons. The number of benzene rings is 1. The summed E-state index contributed by atoms with van der Waals surface area (Å²) in [6.07, 6.45) is 5.81. The van der Waals surface area contributed by atoms with Crippen molar-refractivity contribution in [3.63, 3.8) is 0 Å². The van der Waals surface area contributed by atoms with Crippen LogP contribution in [0.4, 0.5) is 4.39 Å². The Hall–Kier alpha value is -4.39. The number of likely N-dealkylation sites (tertiary alicyclic amines) is 1. The summed E-state index contributed by atoms with van der Waals surface area (Å²) >= 11 is 0. The molecule has 4 rings (SSSR count). The Morgan fingerprint density at radius 2 is 1.87 bits per heavy atom. The maximum absolute atomic E-state index is 14.2. The Morgan fingerprint density at radius 1 is 1.16 bits per heavy atom. The van der Waals surface area contributed by atoms with Gasteiger partial charge in [0.25, 0.3) is 5.91 Å². The molecular formula is C32H43FN8O4. The molecule has 0 saturated carbocycles. The van der Waals surface area contributed by atoms with Gasteiger partial charge in [0.1, 0.15) is 17.6 Å². The van der Waals surface area contributed by atoms with Crippen molar-refractivity contribution < 1.29 is 23.6 Å². The van der Waals surface area contributed by atoms with Gasteiger partial charge in [-0.25, -0.2) is 14.4 Å². The molecule has 4 unspecified atom stereocenters. The van der Waals surface area contributed by atoms with Crippen molar-refractivity contribution in [3.8, 4) is 0 Å². The molecule has 45 heavy (non-hydrogen) atoms. The standard InChI is InChI=1S/C32H43FN8O4/c1-20(34-6)28(43)38-27(32(3,4)5)30(45)41-17-24(36-21(2)42)16-25(41)18-39(15-12-22-8-10-23(33)11-9-22)29(44)26-19-40-14-7-13-35-31(40)37-26/h7-11,13-14,19-20,24-25,27,34H,12,15-18H2,1-6H3,(H,36,42)(H,38,43). The van der Waals surface area contributed by atoms with E-state index in [9.17, 15) is 23.6 Å². The average molecular weight is 623 g/mol. The molecule has 2 aromatic heterocycles. The van der Waals surface area contributed by atoms with Crippen LogP contribution < -0.4 is 16.0 Å². The van der Waals surface area contributed by atoms with E-state index in [-0.39, 0.29) is 60.8 Å². The Kier molecular flexibility index (Phi) is 10.5. The number of amides is 4. The van der Waals surface area contributed by atoms with E-state index >= 15 is 0 Å². The lowest BCUT2D eigenvalue weighted by molar-refractivity contribution is -0.140. The summed E-state index contributed by atoms with van der Waals surface area (Å²) in [7, 11) is 1.67. The van der Waals surface area contributed by atoms with E-state index in [1.54, 1.807) is 65.0 Å². The number of hydrogen-bond acceptors (Lipinski definition) is 7. The van der Waals surface area contributed by atoms with Crippen LogP contribution in [-0.4, -0.2) is 98.6 Å². The van der Waals surface area contributed by atoms with Crippen molar-refractivity contribution in [3.05, 3.63) is 66.0 Å². The lowest BCUT2D eigenvalue weighted by Crippen LogP contribution is -2.59. The van der Waals surface area contributed by atoms with Crippen LogP contribution in [0.5, 0.6) is 0 Å². The Bertz CT molecular complexity index is 1490. The van der Waals surface area contributed by atoms with Crippen LogP contribution in [0.3, 0.4) is 0 Å². The molecule has 0 aliphatic carbocycles. The molecule has 1 aromatic carbocycles. The van der Waals surface area contributed by atoms with Crippen molar-refractivity contribution in [1.82, 2.24) is 40.1 Å². The summed E-state index contributed by atoms with van der Waals surface area (Å²) in [5.74, 6) is -1.14. The third-order valence-electron chi connectivity index (χ3n) is 8.09. The van der Waals surface area contributed by atoms with Crippen molar-refractivity contribution >= 4 is 29.4 Å². The topological polar surface area (TPSA) is 141 Å². The van der Waals surface area contributed by atoms with Crippen molar-refractivity contribution in [2.24, 2.45) is 5.41 Å². The molecule has 1 saturated heterocycles. The van der Waals surface area contributed by atoms with Gasteiger partial charge in [0.05, 0.1) is 12.1 Å². The molecule has 1 fully saturated rings. The fraction of sp³-hybridized carbons (Fsp3) is 0.500. The van der Waals surface area contributed by atoms with Crippen LogP contribution in [0, 0.1) is 11.2 Å². The summed E-state index contributed by atoms with van der Waals surface area (Å²) < 4.78 is 15.2. The zero-order chi connectivity index (χ0) is 32.9. The van der Waals surface area contributed by atoms with E-state index in [2.05, 4.69) is 25.9 Å². The molecule has 1 aliphatic heterocycles. The number of likely N-dealkylation sites (N-methyl/N-ethyl adjacent to an activating group) is 1. The van der Waals surface area contributed by atoms with Gasteiger partial charge in [0, 0.05) is 51.2 Å². The molecule has 0 spiro atoms. The largest absolute Gasteiger partial charge is 0.352 e. The fourth-order valence-electron chi connectivity index (χ4n) is 5.50. The maximum atomic E-state index is 14.2. The summed E-state index contributed by atoms with van der Waals surface area (Å²) in [4.78, 5) is 65.1. The second-order valence-electron chi connectivity index (χ2n) is 12.7. The van der Waals surface area contributed by atoms with Gasteiger partial charge in [-0.15, -0.1) is 0 Å². The van der Waals surface area contributed by atoms with Crippen LogP contribution in [0.2, 0.25) is 0 Å². The molecule has 4 atom stereocenters. The number of rotatable bonds is 11. The molecule has 3 heterocycles. The molecule has 3 N–H and O–H groups in total. The first-order valence-electron chi connectivity index (χ1n) is 15.2. The highest BCUT2D eigenvalue weighted by atomic mass is 19.1. The van der Waals surface area contributed by atoms with Crippen LogP contribution in [0.15, 0.2) is 48.9 Å². The maximum Gasteiger partial charge on any atom is 0.274 e. The third kappa shape index (κ3) is 8.41. The second kappa shape index (κ2) is 14.1. The molecule has 1 aliphatic rings. The van der Waals surface area contributed by atoms with Crippen molar-refractivity contribution in [1.29, 1.82) is 0 Å². The lowest BCUT2D eigenvalue weighted by atomic mass is 9.85. The van der Waals surface area contributed by atoms with Crippen LogP contribution in [0.25, 0.3) is 5.78 Å². The van der Waals surface area contributed by atoms with Gasteiger partial charge in [-0.3, -0.25) is 23.6 Å². The van der Waals surface area contributed by atoms with Gasteiger partial charge in [-0.1, -0.05) is 32.9 Å². The monoisotopic (exact) mass is 622 g/mol. The zero-order valence-corrected chi connectivity index (χ0v) is 26.7. The average Bonchev–Trinajstić information content (AvgIpc) is 3.60. The molecule has 13 heteroatoms. The quantitative estimate of drug-likeness (QED) is 0.296. The van der Waals surface area contributed by atoms with Crippen LogP contribution >= 0.6 is 0 Å². The van der Waals surface area contributed by atoms with Crippen LogP contribution in [0.1, 0.15) is 57.1 Å². The summed E-state index contributed by atoms with van der Waals surface area (Å²) in [6, 6.07) is 5.67. The predicted octanol–water partition coefficient (Wildman–Crippen LogP) is 1.80. The molecule has 4 amide bonds. The normalized spacial score (nSPS) is 18.0. The van der Waals surface area contributed by atoms with Gasteiger partial charge in [0.2, 0.25) is 23.5 Å². The Labute approximate surface area is 262 Å². The van der Waals surface area contributed by atoms with Crippen LogP contribution in [-0.2, 0) is 20.8 Å². The highest BCUT2D eigenvalue weighted by Gasteiger charge is 2.43. The predicted molar refractivity (Wildman–Crippen MR) is 167 cm³/mol. The number of carbonyl (C=O) groups is 4. The van der Waals surface area contributed by atoms with Gasteiger partial charge < -0.3 is 25.8 Å². The highest BCUT2D eigenvalue weighted by Crippen LogP contribution is 2.27. The minimum absolute atomic E-state index is 0.154. The van der Waals surface area contributed by atoms with E-state index in [0.29, 0.717) is 18.6 Å². The minimum Gasteiger partial charge on any atom is -0.352 e. The number of nitrogens with one attached hydrogen (secondary N) is 3. The van der Waals surface area contributed by atoms with Crippen molar-refractivity contribution in [2.75, 3.05) is 26.7 Å². The minimum atomic E-state index is -0.854. The fourth-order valence-corrected chi connectivity index (χ4v) is 5.50. The first kappa shape index (κ1) is 33.5. The summed E-state index contributed by atoms with van der Waals surface area (Å²) in [6.45, 7) is 9.43. The van der Waals surface area contributed by atoms with Gasteiger partial charge >= 0.3 is 0 Å². The number of carbonyl (C=O) groups excluding carboxylic acids is 4. The molecular weight excluding hydrogens is 579 g/mol. The van der Waals surface area contributed by atoms with Gasteiger partial charge in [-0.05, 0) is 56.0 Å². The molecule has 0 bridgehead atoms. The number of imidazole rings is 1. The number of fused-ring (bicyclic) bond motifs is 1. The Morgan fingerprint density at radius 3 is 2.49 bits per heavy atom. The zero-order valence-electron chi connectivity index (χ0n) is 26.7. The number of nitrogens with zero attached hydrogens (tertiary/aromatic N) is 5. The SMILES string of the molecule is CNC(C)C(=O)NC(C(=O)N1CC(NC(C)=O)CC1CN(CCc1ccc(F)cc1)C(=O)c1cn2cccnc2n1)C(C)(C)C.